The van der Waals surface area contributed by atoms with Gasteiger partial charge in [-0.15, -0.1) is 0 Å². The van der Waals surface area contributed by atoms with Gasteiger partial charge in [0.1, 0.15) is 13.2 Å². The van der Waals surface area contributed by atoms with Gasteiger partial charge < -0.3 is 14.2 Å². The molecule has 0 aromatic rings. The van der Waals surface area contributed by atoms with E-state index in [-0.39, 0.29) is 37.5 Å². The highest BCUT2D eigenvalue weighted by Gasteiger charge is 2.19. The van der Waals surface area contributed by atoms with Crippen LogP contribution >= 0.6 is 0 Å². The minimum Gasteiger partial charge on any atom is -0.462 e. The van der Waals surface area contributed by atoms with Gasteiger partial charge in [-0.25, -0.2) is 0 Å². The molecule has 6 nitrogen and oxygen atoms in total. The molecule has 0 aliphatic carbocycles. The number of carbonyl (C=O) groups is 3. The molecule has 0 saturated heterocycles. The molecule has 0 bridgehead atoms. The van der Waals surface area contributed by atoms with Crippen molar-refractivity contribution in [2.45, 2.75) is 258 Å². The molecule has 1 atom stereocenters. The van der Waals surface area contributed by atoms with E-state index in [1.165, 1.54) is 83.5 Å². The topological polar surface area (TPSA) is 78.9 Å². The summed E-state index contributed by atoms with van der Waals surface area (Å²) < 4.78 is 16.7. The molecule has 0 radical (unpaired) electrons. The van der Waals surface area contributed by atoms with Crippen molar-refractivity contribution in [2.75, 3.05) is 13.2 Å². The number of rotatable bonds is 53. The number of carbonyl (C=O) groups excluding carboxylic acids is 3. The van der Waals surface area contributed by atoms with Gasteiger partial charge in [0, 0.05) is 19.3 Å². The summed E-state index contributed by atoms with van der Waals surface area (Å²) in [5, 5.41) is 0. The van der Waals surface area contributed by atoms with E-state index in [2.05, 4.69) is 167 Å². The van der Waals surface area contributed by atoms with Crippen LogP contribution in [0.4, 0.5) is 0 Å². The van der Waals surface area contributed by atoms with E-state index in [0.29, 0.717) is 19.3 Å². The van der Waals surface area contributed by atoms with Crippen molar-refractivity contribution >= 4 is 17.9 Å². The molecule has 0 saturated carbocycles. The molecule has 0 rings (SSSR count). The molecular formula is C69H110O6. The Morgan fingerprint density at radius 2 is 0.533 bits per heavy atom. The van der Waals surface area contributed by atoms with Crippen LogP contribution in [0.5, 0.6) is 0 Å². The molecule has 0 aliphatic heterocycles. The summed E-state index contributed by atoms with van der Waals surface area (Å²) in [5.41, 5.74) is 0. The van der Waals surface area contributed by atoms with E-state index >= 15 is 0 Å². The van der Waals surface area contributed by atoms with E-state index in [4.69, 9.17) is 14.2 Å². The van der Waals surface area contributed by atoms with Crippen molar-refractivity contribution in [3.63, 3.8) is 0 Å². The van der Waals surface area contributed by atoms with E-state index in [0.717, 1.165) is 122 Å². The van der Waals surface area contributed by atoms with E-state index < -0.39 is 6.10 Å². The van der Waals surface area contributed by atoms with Crippen molar-refractivity contribution in [3.05, 3.63) is 146 Å². The van der Waals surface area contributed by atoms with Gasteiger partial charge in [-0.2, -0.15) is 0 Å². The lowest BCUT2D eigenvalue weighted by molar-refractivity contribution is -0.167. The van der Waals surface area contributed by atoms with Crippen LogP contribution < -0.4 is 0 Å². The van der Waals surface area contributed by atoms with Crippen molar-refractivity contribution in [1.29, 1.82) is 0 Å². The SMILES string of the molecule is CC/C=C\C/C=C\C/C=C\C/C=C\C/C=C\C/C=C\C/C=C\CCCC(=O)OC(COC(=O)CCCCCCCCC)COC(=O)CCCCCCCCCCCCC/C=C\C/C=C\C/C=C\C/C=C\C/C=C\CC. The third kappa shape index (κ3) is 60.0. The van der Waals surface area contributed by atoms with Crippen LogP contribution in [0.2, 0.25) is 0 Å². The average molecular weight is 1040 g/mol. The summed E-state index contributed by atoms with van der Waals surface area (Å²) in [4.78, 5) is 38.0. The Kier molecular flexibility index (Phi) is 58.0. The molecule has 1 unspecified atom stereocenters. The smallest absolute Gasteiger partial charge is 0.306 e. The number of hydrogen-bond acceptors (Lipinski definition) is 6. The second kappa shape index (κ2) is 61.8. The van der Waals surface area contributed by atoms with Crippen molar-refractivity contribution in [3.8, 4) is 0 Å². The second-order valence-electron chi connectivity index (χ2n) is 19.5. The number of unbranched alkanes of at least 4 members (excludes halogenated alkanes) is 18. The van der Waals surface area contributed by atoms with Gasteiger partial charge in [0.15, 0.2) is 6.10 Å². The van der Waals surface area contributed by atoms with Gasteiger partial charge in [0.05, 0.1) is 0 Å². The Hall–Kier alpha value is -4.71. The maximum absolute atomic E-state index is 12.8. The first kappa shape index (κ1) is 70.3. The zero-order valence-electron chi connectivity index (χ0n) is 48.3. The zero-order valence-corrected chi connectivity index (χ0v) is 48.3. The highest BCUT2D eigenvalue weighted by atomic mass is 16.6. The van der Waals surface area contributed by atoms with Crippen LogP contribution in [0, 0.1) is 0 Å². The minimum absolute atomic E-state index is 0.106. The predicted molar refractivity (Wildman–Crippen MR) is 325 cm³/mol. The van der Waals surface area contributed by atoms with Crippen LogP contribution in [-0.2, 0) is 28.6 Å². The molecule has 0 amide bonds. The fraction of sp³-hybridized carbons (Fsp3) is 0.609. The Labute approximate surface area is 461 Å². The van der Waals surface area contributed by atoms with E-state index in [1.54, 1.807) is 0 Å². The van der Waals surface area contributed by atoms with Gasteiger partial charge in [0.2, 0.25) is 0 Å². The number of esters is 3. The molecule has 75 heavy (non-hydrogen) atoms. The molecule has 0 aliphatic rings. The molecule has 0 N–H and O–H groups in total. The first-order valence-electron chi connectivity index (χ1n) is 30.3. The van der Waals surface area contributed by atoms with Gasteiger partial charge in [0.25, 0.3) is 0 Å². The Bertz CT molecular complexity index is 1660. The lowest BCUT2D eigenvalue weighted by Gasteiger charge is -2.18. The number of ether oxygens (including phenoxy) is 3. The van der Waals surface area contributed by atoms with Crippen molar-refractivity contribution < 1.29 is 28.6 Å². The fourth-order valence-corrected chi connectivity index (χ4v) is 7.87. The highest BCUT2D eigenvalue weighted by molar-refractivity contribution is 5.71. The number of allylic oxidation sites excluding steroid dienone is 24. The van der Waals surface area contributed by atoms with Gasteiger partial charge >= 0.3 is 17.9 Å². The van der Waals surface area contributed by atoms with Gasteiger partial charge in [-0.05, 0) is 116 Å². The maximum Gasteiger partial charge on any atom is 0.306 e. The number of hydrogen-bond donors (Lipinski definition) is 0. The molecule has 6 heteroatoms. The minimum atomic E-state index is -0.813. The van der Waals surface area contributed by atoms with Crippen molar-refractivity contribution in [2.24, 2.45) is 0 Å². The van der Waals surface area contributed by atoms with Crippen LogP contribution in [-0.4, -0.2) is 37.2 Å². The molecule has 0 fully saturated rings. The van der Waals surface area contributed by atoms with Gasteiger partial charge in [-0.3, -0.25) is 14.4 Å². The lowest BCUT2D eigenvalue weighted by Crippen LogP contribution is -2.30. The first-order valence-corrected chi connectivity index (χ1v) is 30.3. The summed E-state index contributed by atoms with van der Waals surface area (Å²) in [6.45, 7) is 6.31. The van der Waals surface area contributed by atoms with Crippen LogP contribution in [0.15, 0.2) is 146 Å². The molecule has 0 aromatic heterocycles. The Balaban J connectivity index is 4.28. The van der Waals surface area contributed by atoms with Crippen LogP contribution in [0.1, 0.15) is 252 Å². The second-order valence-corrected chi connectivity index (χ2v) is 19.5. The fourth-order valence-electron chi connectivity index (χ4n) is 7.87. The standard InChI is InChI=1S/C69H110O6/c1-4-7-10-13-16-18-20-22-24-26-28-30-32-33-34-35-37-38-40-42-44-46-48-50-53-56-59-62-68(71)74-65-66(64-73-67(70)61-58-55-52-15-12-9-6-3)75-69(72)63-60-57-54-51-49-47-45-43-41-39-36-31-29-27-25-23-21-19-17-14-11-8-5-2/h7-8,10-11,16-19,22-25,28-31,33-34,39,41,45,47,51,54,66H,4-6,9,12-15,20-21,26-27,32,35-38,40,42-44,46,48-50,52-53,55-65H2,1-3H3/b10-7-,11-8-,18-16-,19-17-,24-22-,25-23-,30-28-,31-29-,34-33-,41-39-,47-45-,54-51-. The van der Waals surface area contributed by atoms with E-state index in [9.17, 15) is 14.4 Å². The predicted octanol–water partition coefficient (Wildman–Crippen LogP) is 20.8. The normalized spacial score (nSPS) is 13.2. The maximum atomic E-state index is 12.8. The molecular weight excluding hydrogens is 925 g/mol. The monoisotopic (exact) mass is 1030 g/mol. The molecule has 0 heterocycles. The summed E-state index contributed by atoms with van der Waals surface area (Å²) in [5.74, 6) is -0.980. The lowest BCUT2D eigenvalue weighted by atomic mass is 10.0. The Morgan fingerprint density at radius 1 is 0.280 bits per heavy atom. The van der Waals surface area contributed by atoms with Gasteiger partial charge in [-0.1, -0.05) is 263 Å². The molecule has 0 aromatic carbocycles. The van der Waals surface area contributed by atoms with Crippen LogP contribution in [0.3, 0.4) is 0 Å². The summed E-state index contributed by atoms with van der Waals surface area (Å²) in [6.07, 6.45) is 88.7. The summed E-state index contributed by atoms with van der Waals surface area (Å²) >= 11 is 0. The third-order valence-electron chi connectivity index (χ3n) is 12.3. The highest BCUT2D eigenvalue weighted by Crippen LogP contribution is 2.14. The molecule has 422 valence electrons. The first-order chi connectivity index (χ1) is 37.0. The van der Waals surface area contributed by atoms with Crippen LogP contribution in [0.25, 0.3) is 0 Å². The summed E-state index contributed by atoms with van der Waals surface area (Å²) in [6, 6.07) is 0. The Morgan fingerprint density at radius 3 is 0.853 bits per heavy atom. The largest absolute Gasteiger partial charge is 0.462 e. The zero-order chi connectivity index (χ0) is 54.3. The van der Waals surface area contributed by atoms with Crippen molar-refractivity contribution in [1.82, 2.24) is 0 Å². The third-order valence-corrected chi connectivity index (χ3v) is 12.3. The average Bonchev–Trinajstić information content (AvgIpc) is 3.41. The quantitative estimate of drug-likeness (QED) is 0.0261. The van der Waals surface area contributed by atoms with E-state index in [1.807, 2.05) is 0 Å². The summed E-state index contributed by atoms with van der Waals surface area (Å²) in [7, 11) is 0. The molecule has 0 spiro atoms.